The number of hydrogen-bond donors (Lipinski definition) is 0. The summed E-state index contributed by atoms with van der Waals surface area (Å²) in [6.07, 6.45) is 2.53. The van der Waals surface area contributed by atoms with E-state index < -0.39 is 0 Å². The normalized spacial score (nSPS) is 19.4. The number of nitrogens with zero attached hydrogens (tertiary/aromatic N) is 3. The van der Waals surface area contributed by atoms with E-state index in [4.69, 9.17) is 28.3 Å². The smallest absolute Gasteiger partial charge is 0.266 e. The molecule has 2 aliphatic rings. The lowest BCUT2D eigenvalue weighted by molar-refractivity contribution is -0.113. The van der Waals surface area contributed by atoms with Gasteiger partial charge < -0.3 is 0 Å². The Balaban J connectivity index is 1.47. The predicted octanol–water partition coefficient (Wildman–Crippen LogP) is 6.82. The monoisotopic (exact) mass is 477 g/mol. The van der Waals surface area contributed by atoms with Crippen molar-refractivity contribution < 1.29 is 4.79 Å². The molecule has 0 unspecified atom stereocenters. The fraction of sp³-hybridized carbons (Fsp3) is 0.0800. The van der Waals surface area contributed by atoms with Crippen LogP contribution in [0.15, 0.2) is 93.9 Å². The number of carbonyl (C=O) groups is 1. The van der Waals surface area contributed by atoms with Crippen molar-refractivity contribution in [3.63, 3.8) is 0 Å². The first-order chi connectivity index (χ1) is 15.6. The number of halogens is 2. The van der Waals surface area contributed by atoms with Crippen LogP contribution in [0.2, 0.25) is 10.0 Å². The molecule has 5 rings (SSSR count). The van der Waals surface area contributed by atoms with E-state index >= 15 is 0 Å². The molecular weight excluding hydrogens is 461 g/mol. The molecule has 0 bridgehead atoms. The molecule has 2 aliphatic heterocycles. The summed E-state index contributed by atoms with van der Waals surface area (Å²) < 4.78 is 0. The molecule has 0 aliphatic carbocycles. The number of aliphatic imine (C=N–C) groups is 1. The van der Waals surface area contributed by atoms with Gasteiger partial charge in [0.05, 0.1) is 16.7 Å². The molecule has 3 aromatic carbocycles. The molecule has 0 saturated carbocycles. The molecule has 3 aromatic rings. The van der Waals surface area contributed by atoms with Crippen LogP contribution in [-0.4, -0.2) is 21.8 Å². The minimum atomic E-state index is -0.262. The van der Waals surface area contributed by atoms with Crippen LogP contribution in [-0.2, 0) is 4.79 Å². The third kappa shape index (κ3) is 4.37. The van der Waals surface area contributed by atoms with Crippen LogP contribution in [0.4, 0.5) is 0 Å². The van der Waals surface area contributed by atoms with E-state index in [2.05, 4.69) is 17.1 Å². The van der Waals surface area contributed by atoms with Gasteiger partial charge in [-0.2, -0.15) is 10.1 Å². The Morgan fingerprint density at radius 1 is 0.906 bits per heavy atom. The van der Waals surface area contributed by atoms with Crippen molar-refractivity contribution in [1.82, 2.24) is 5.01 Å². The molecule has 4 nitrogen and oxygen atoms in total. The van der Waals surface area contributed by atoms with Crippen LogP contribution in [0.1, 0.15) is 29.2 Å². The maximum absolute atomic E-state index is 12.7. The van der Waals surface area contributed by atoms with Gasteiger partial charge in [0, 0.05) is 16.5 Å². The SMILES string of the molecule is O=C1N=C(N2N=C(c3ccc(Cl)cc3)C[C@@H]2c2ccccc2)S/C1=C\c1ccc(Cl)cc1. The topological polar surface area (TPSA) is 45.0 Å². The van der Waals surface area contributed by atoms with E-state index in [-0.39, 0.29) is 11.9 Å². The second-order valence-electron chi connectivity index (χ2n) is 7.39. The third-order valence-electron chi connectivity index (χ3n) is 5.25. The van der Waals surface area contributed by atoms with Gasteiger partial charge in [-0.15, -0.1) is 0 Å². The highest BCUT2D eigenvalue weighted by molar-refractivity contribution is 8.18. The molecular formula is C25H17Cl2N3OS. The van der Waals surface area contributed by atoms with Gasteiger partial charge >= 0.3 is 0 Å². The van der Waals surface area contributed by atoms with Crippen LogP contribution in [0.3, 0.4) is 0 Å². The van der Waals surface area contributed by atoms with Gasteiger partial charge in [-0.05, 0) is 58.8 Å². The lowest BCUT2D eigenvalue weighted by atomic mass is 9.99. The van der Waals surface area contributed by atoms with E-state index in [1.165, 1.54) is 11.8 Å². The molecule has 32 heavy (non-hydrogen) atoms. The van der Waals surface area contributed by atoms with E-state index in [0.717, 1.165) is 22.4 Å². The summed E-state index contributed by atoms with van der Waals surface area (Å²) in [7, 11) is 0. The van der Waals surface area contributed by atoms with Crippen molar-refractivity contribution in [3.05, 3.63) is 111 Å². The summed E-state index contributed by atoms with van der Waals surface area (Å²) in [4.78, 5) is 17.5. The van der Waals surface area contributed by atoms with Crippen molar-refractivity contribution in [1.29, 1.82) is 0 Å². The van der Waals surface area contributed by atoms with E-state index in [0.29, 0.717) is 26.5 Å². The molecule has 158 valence electrons. The molecule has 0 aromatic heterocycles. The summed E-state index contributed by atoms with van der Waals surface area (Å²) in [6, 6.07) is 25.1. The molecule has 1 atom stereocenters. The van der Waals surface area contributed by atoms with E-state index in [1.54, 1.807) is 12.1 Å². The molecule has 0 saturated heterocycles. The summed E-state index contributed by atoms with van der Waals surface area (Å²) >= 11 is 13.4. The maximum atomic E-state index is 12.7. The number of benzene rings is 3. The Labute approximate surface area is 200 Å². The molecule has 7 heteroatoms. The van der Waals surface area contributed by atoms with Crippen LogP contribution in [0, 0.1) is 0 Å². The predicted molar refractivity (Wildman–Crippen MR) is 133 cm³/mol. The maximum Gasteiger partial charge on any atom is 0.286 e. The summed E-state index contributed by atoms with van der Waals surface area (Å²) in [6.45, 7) is 0. The van der Waals surface area contributed by atoms with Gasteiger partial charge in [0.1, 0.15) is 0 Å². The zero-order valence-electron chi connectivity index (χ0n) is 16.8. The fourth-order valence-corrected chi connectivity index (χ4v) is 4.81. The van der Waals surface area contributed by atoms with E-state index in [9.17, 15) is 4.79 Å². The minimum Gasteiger partial charge on any atom is -0.266 e. The van der Waals surface area contributed by atoms with Gasteiger partial charge in [-0.3, -0.25) is 4.79 Å². The van der Waals surface area contributed by atoms with E-state index in [1.807, 2.05) is 65.7 Å². The van der Waals surface area contributed by atoms with Gasteiger partial charge in [-0.1, -0.05) is 77.8 Å². The minimum absolute atomic E-state index is 0.0455. The average molecular weight is 478 g/mol. The average Bonchev–Trinajstić information content (AvgIpc) is 3.41. The molecule has 0 spiro atoms. The van der Waals surface area contributed by atoms with Crippen molar-refractivity contribution >= 4 is 57.8 Å². The van der Waals surface area contributed by atoms with Crippen molar-refractivity contribution in [2.45, 2.75) is 12.5 Å². The number of amidine groups is 1. The van der Waals surface area contributed by atoms with Gasteiger partial charge in [0.25, 0.3) is 5.91 Å². The highest BCUT2D eigenvalue weighted by Gasteiger charge is 2.36. The van der Waals surface area contributed by atoms with Crippen molar-refractivity contribution in [3.8, 4) is 0 Å². The van der Waals surface area contributed by atoms with Gasteiger partial charge in [0.15, 0.2) is 5.17 Å². The van der Waals surface area contributed by atoms with Gasteiger partial charge in [-0.25, -0.2) is 5.01 Å². The molecule has 0 radical (unpaired) electrons. The lowest BCUT2D eigenvalue weighted by Gasteiger charge is -2.22. The van der Waals surface area contributed by atoms with Crippen molar-refractivity contribution in [2.75, 3.05) is 0 Å². The Morgan fingerprint density at radius 3 is 2.25 bits per heavy atom. The van der Waals surface area contributed by atoms with Crippen molar-refractivity contribution in [2.24, 2.45) is 10.1 Å². The number of thioether (sulfide) groups is 1. The number of amides is 1. The van der Waals surface area contributed by atoms with Gasteiger partial charge in [0.2, 0.25) is 0 Å². The lowest BCUT2D eigenvalue weighted by Crippen LogP contribution is -2.23. The fourth-order valence-electron chi connectivity index (χ4n) is 3.64. The summed E-state index contributed by atoms with van der Waals surface area (Å²) in [5, 5.41) is 8.65. The number of hydrazone groups is 1. The van der Waals surface area contributed by atoms with Crippen LogP contribution >= 0.6 is 35.0 Å². The van der Waals surface area contributed by atoms with Crippen LogP contribution in [0.5, 0.6) is 0 Å². The first-order valence-electron chi connectivity index (χ1n) is 10.0. The first kappa shape index (κ1) is 21.0. The Kier molecular flexibility index (Phi) is 5.87. The molecule has 0 fully saturated rings. The van der Waals surface area contributed by atoms with Crippen LogP contribution in [0.25, 0.3) is 6.08 Å². The zero-order valence-corrected chi connectivity index (χ0v) is 19.1. The van der Waals surface area contributed by atoms with Crippen LogP contribution < -0.4 is 0 Å². The quantitative estimate of drug-likeness (QED) is 0.388. The first-order valence-corrected chi connectivity index (χ1v) is 11.6. The standard InChI is InChI=1S/C25H17Cl2N3OS/c26-19-10-6-16(7-11-19)14-23-24(31)28-25(32-23)30-22(18-4-2-1-3-5-18)15-21(29-30)17-8-12-20(27)13-9-17/h1-14,22H,15H2/b23-14-/t22-/m1/s1. The Hall–Kier alpha value is -2.86. The molecule has 0 N–H and O–H groups in total. The summed E-state index contributed by atoms with van der Waals surface area (Å²) in [5.74, 6) is -0.262. The largest absolute Gasteiger partial charge is 0.286 e. The zero-order chi connectivity index (χ0) is 22.1. The number of carbonyl (C=O) groups excluding carboxylic acids is 1. The highest BCUT2D eigenvalue weighted by Crippen LogP contribution is 2.39. The molecule has 1 amide bonds. The Bertz CT molecular complexity index is 1250. The summed E-state index contributed by atoms with van der Waals surface area (Å²) in [5.41, 5.74) is 3.95. The highest BCUT2D eigenvalue weighted by atomic mass is 35.5. The third-order valence-corrected chi connectivity index (χ3v) is 6.72. The number of rotatable bonds is 3. The second kappa shape index (κ2) is 8.94. The molecule has 2 heterocycles. The Morgan fingerprint density at radius 2 is 1.56 bits per heavy atom. The second-order valence-corrected chi connectivity index (χ2v) is 9.27. The number of hydrogen-bond acceptors (Lipinski definition) is 4.